The minimum Gasteiger partial charge on any atom is -0.394 e. The molecule has 3 N–H and O–H groups in total. The van der Waals surface area contributed by atoms with Crippen molar-refractivity contribution in [2.45, 2.75) is 50.5 Å². The highest BCUT2D eigenvalue weighted by molar-refractivity contribution is 4.96. The second-order valence-corrected chi connectivity index (χ2v) is 6.33. The molecule has 0 aromatic heterocycles. The average Bonchev–Trinajstić information content (AvgIpc) is 2.63. The summed E-state index contributed by atoms with van der Waals surface area (Å²) in [5, 5.41) is 9.41. The molecule has 0 heterocycles. The van der Waals surface area contributed by atoms with Gasteiger partial charge < -0.3 is 15.7 Å². The highest BCUT2D eigenvalue weighted by Crippen LogP contribution is 2.36. The molecule has 2 saturated carbocycles. The Morgan fingerprint density at radius 2 is 2.06 bits per heavy atom. The molecule has 0 radical (unpaired) electrons. The van der Waals surface area contributed by atoms with E-state index in [1.54, 1.807) is 0 Å². The number of nitrogens with two attached hydrogens (primary N) is 1. The van der Waals surface area contributed by atoms with E-state index in [1.165, 1.54) is 38.6 Å². The molecular weight excluding hydrogens is 212 g/mol. The van der Waals surface area contributed by atoms with E-state index in [-0.39, 0.29) is 12.1 Å². The first-order valence-electron chi connectivity index (χ1n) is 7.22. The number of nitrogens with zero attached hydrogens (tertiary/aromatic N) is 1. The van der Waals surface area contributed by atoms with Gasteiger partial charge in [-0.25, -0.2) is 0 Å². The highest BCUT2D eigenvalue weighted by atomic mass is 16.3. The third-order valence-electron chi connectivity index (χ3n) is 4.96. The standard InChI is InChI=1S/C14H28N2O/c1-16(10-12-4-2-5-12)9-7-13-6-3-8-14(13,15)11-17/h12-13,17H,2-11,15H2,1H3. The smallest absolute Gasteiger partial charge is 0.0613 e. The van der Waals surface area contributed by atoms with Gasteiger partial charge in [0.05, 0.1) is 6.61 Å². The third-order valence-corrected chi connectivity index (χ3v) is 4.96. The van der Waals surface area contributed by atoms with E-state index >= 15 is 0 Å². The van der Waals surface area contributed by atoms with Crippen LogP contribution in [0.5, 0.6) is 0 Å². The Morgan fingerprint density at radius 1 is 1.29 bits per heavy atom. The summed E-state index contributed by atoms with van der Waals surface area (Å²) in [4.78, 5) is 2.46. The highest BCUT2D eigenvalue weighted by Gasteiger charge is 2.38. The van der Waals surface area contributed by atoms with Gasteiger partial charge in [-0.15, -0.1) is 0 Å². The Hall–Kier alpha value is -0.120. The number of rotatable bonds is 6. The molecule has 100 valence electrons. The first kappa shape index (κ1) is 13.3. The van der Waals surface area contributed by atoms with Gasteiger partial charge in [0.15, 0.2) is 0 Å². The van der Waals surface area contributed by atoms with Crippen LogP contribution in [0.15, 0.2) is 0 Å². The van der Waals surface area contributed by atoms with E-state index < -0.39 is 0 Å². The van der Waals surface area contributed by atoms with Crippen LogP contribution in [0, 0.1) is 11.8 Å². The molecular formula is C14H28N2O. The maximum Gasteiger partial charge on any atom is 0.0613 e. The zero-order chi connectivity index (χ0) is 12.3. The predicted molar refractivity (Wildman–Crippen MR) is 70.8 cm³/mol. The summed E-state index contributed by atoms with van der Waals surface area (Å²) < 4.78 is 0. The fourth-order valence-electron chi connectivity index (χ4n) is 3.39. The van der Waals surface area contributed by atoms with Crippen LogP contribution in [0.3, 0.4) is 0 Å². The summed E-state index contributed by atoms with van der Waals surface area (Å²) in [5.74, 6) is 1.47. The van der Waals surface area contributed by atoms with E-state index in [0.29, 0.717) is 5.92 Å². The normalized spacial score (nSPS) is 34.2. The first-order chi connectivity index (χ1) is 8.14. The average molecular weight is 240 g/mol. The van der Waals surface area contributed by atoms with Crippen molar-refractivity contribution < 1.29 is 5.11 Å². The summed E-state index contributed by atoms with van der Waals surface area (Å²) in [5.41, 5.74) is 5.98. The van der Waals surface area contributed by atoms with E-state index in [2.05, 4.69) is 11.9 Å². The zero-order valence-corrected chi connectivity index (χ0v) is 11.2. The topological polar surface area (TPSA) is 49.5 Å². The number of hydrogen-bond acceptors (Lipinski definition) is 3. The van der Waals surface area contributed by atoms with Crippen LogP contribution in [0.25, 0.3) is 0 Å². The van der Waals surface area contributed by atoms with Crippen LogP contribution >= 0.6 is 0 Å². The van der Waals surface area contributed by atoms with E-state index in [9.17, 15) is 5.11 Å². The number of aliphatic hydroxyl groups excluding tert-OH is 1. The molecule has 2 unspecified atom stereocenters. The van der Waals surface area contributed by atoms with Crippen molar-refractivity contribution in [2.75, 3.05) is 26.7 Å². The van der Waals surface area contributed by atoms with Crippen molar-refractivity contribution in [1.82, 2.24) is 4.90 Å². The van der Waals surface area contributed by atoms with Crippen molar-refractivity contribution in [2.24, 2.45) is 17.6 Å². The molecule has 3 heteroatoms. The second-order valence-electron chi connectivity index (χ2n) is 6.33. The van der Waals surface area contributed by atoms with Crippen LogP contribution in [0.2, 0.25) is 0 Å². The van der Waals surface area contributed by atoms with Gasteiger partial charge in [0.2, 0.25) is 0 Å². The molecule has 2 fully saturated rings. The predicted octanol–water partition coefficient (Wildman–Crippen LogP) is 1.60. The number of hydrogen-bond donors (Lipinski definition) is 2. The van der Waals surface area contributed by atoms with Gasteiger partial charge in [-0.3, -0.25) is 0 Å². The minimum atomic E-state index is -0.280. The van der Waals surface area contributed by atoms with E-state index in [4.69, 9.17) is 5.73 Å². The lowest BCUT2D eigenvalue weighted by Gasteiger charge is -2.33. The van der Waals surface area contributed by atoms with E-state index in [0.717, 1.165) is 25.3 Å². The molecule has 2 aliphatic carbocycles. The van der Waals surface area contributed by atoms with Gasteiger partial charge >= 0.3 is 0 Å². The Morgan fingerprint density at radius 3 is 2.65 bits per heavy atom. The molecule has 0 amide bonds. The molecule has 0 aromatic carbocycles. The van der Waals surface area contributed by atoms with E-state index in [1.807, 2.05) is 0 Å². The second kappa shape index (κ2) is 5.68. The van der Waals surface area contributed by atoms with Crippen LogP contribution < -0.4 is 5.73 Å². The first-order valence-corrected chi connectivity index (χ1v) is 7.22. The maximum absolute atomic E-state index is 9.41. The summed E-state index contributed by atoms with van der Waals surface area (Å²) in [6.45, 7) is 2.55. The molecule has 3 nitrogen and oxygen atoms in total. The van der Waals surface area contributed by atoms with Crippen molar-refractivity contribution >= 4 is 0 Å². The molecule has 2 atom stereocenters. The fraction of sp³-hybridized carbons (Fsp3) is 1.00. The van der Waals surface area contributed by atoms with Gasteiger partial charge in [-0.05, 0) is 57.5 Å². The molecule has 2 aliphatic rings. The van der Waals surface area contributed by atoms with Crippen molar-refractivity contribution in [3.63, 3.8) is 0 Å². The van der Waals surface area contributed by atoms with Crippen LogP contribution in [-0.4, -0.2) is 42.3 Å². The van der Waals surface area contributed by atoms with Gasteiger partial charge in [0.1, 0.15) is 0 Å². The Balaban J connectivity index is 1.69. The fourth-order valence-corrected chi connectivity index (χ4v) is 3.39. The summed E-state index contributed by atoms with van der Waals surface area (Å²) >= 11 is 0. The Bertz CT molecular complexity index is 242. The zero-order valence-electron chi connectivity index (χ0n) is 11.2. The minimum absolute atomic E-state index is 0.157. The SMILES string of the molecule is CN(CCC1CCCC1(N)CO)CC1CCC1. The van der Waals surface area contributed by atoms with Gasteiger partial charge in [-0.2, -0.15) is 0 Å². The van der Waals surface area contributed by atoms with Crippen molar-refractivity contribution in [3.05, 3.63) is 0 Å². The summed E-state index contributed by atoms with van der Waals surface area (Å²) in [7, 11) is 2.23. The van der Waals surface area contributed by atoms with Crippen molar-refractivity contribution in [1.29, 1.82) is 0 Å². The monoisotopic (exact) mass is 240 g/mol. The Labute approximate surface area is 105 Å². The molecule has 17 heavy (non-hydrogen) atoms. The molecule has 0 aliphatic heterocycles. The lowest BCUT2D eigenvalue weighted by atomic mass is 9.84. The van der Waals surface area contributed by atoms with Crippen LogP contribution in [0.4, 0.5) is 0 Å². The summed E-state index contributed by atoms with van der Waals surface area (Å²) in [6, 6.07) is 0. The van der Waals surface area contributed by atoms with Gasteiger partial charge in [0, 0.05) is 12.1 Å². The van der Waals surface area contributed by atoms with Gasteiger partial charge in [-0.1, -0.05) is 12.8 Å². The van der Waals surface area contributed by atoms with Gasteiger partial charge in [0.25, 0.3) is 0 Å². The largest absolute Gasteiger partial charge is 0.394 e. The molecule has 2 rings (SSSR count). The van der Waals surface area contributed by atoms with Crippen LogP contribution in [-0.2, 0) is 0 Å². The summed E-state index contributed by atoms with van der Waals surface area (Å²) in [6.07, 6.45) is 8.82. The Kier molecular flexibility index (Phi) is 4.45. The molecule has 0 bridgehead atoms. The molecule has 0 saturated heterocycles. The number of aliphatic hydroxyl groups is 1. The molecule has 0 aromatic rings. The quantitative estimate of drug-likeness (QED) is 0.741. The van der Waals surface area contributed by atoms with Crippen LogP contribution in [0.1, 0.15) is 44.9 Å². The molecule has 0 spiro atoms. The lowest BCUT2D eigenvalue weighted by molar-refractivity contribution is 0.140. The lowest BCUT2D eigenvalue weighted by Crippen LogP contribution is -2.47. The van der Waals surface area contributed by atoms with Crippen molar-refractivity contribution in [3.8, 4) is 0 Å². The third kappa shape index (κ3) is 3.21. The maximum atomic E-state index is 9.41.